The van der Waals surface area contributed by atoms with Crippen LogP contribution in [0.25, 0.3) is 10.8 Å². The van der Waals surface area contributed by atoms with E-state index < -0.39 is 5.97 Å². The number of benzene rings is 2. The van der Waals surface area contributed by atoms with Gasteiger partial charge in [0.1, 0.15) is 11.3 Å². The molecular weight excluding hydrogens is 228 g/mol. The first kappa shape index (κ1) is 12.0. The molecule has 1 N–H and O–H groups in total. The highest BCUT2D eigenvalue weighted by atomic mass is 16.5. The van der Waals surface area contributed by atoms with Crippen LogP contribution < -0.4 is 4.74 Å². The number of terminal acetylenes is 1. The van der Waals surface area contributed by atoms with Crippen LogP contribution in [0.2, 0.25) is 0 Å². The Hall–Kier alpha value is -2.47. The second kappa shape index (κ2) is 5.24. The van der Waals surface area contributed by atoms with Crippen LogP contribution in [-0.4, -0.2) is 17.7 Å². The largest absolute Gasteiger partial charge is 0.491 e. The predicted molar refractivity (Wildman–Crippen MR) is 69.9 cm³/mol. The summed E-state index contributed by atoms with van der Waals surface area (Å²) >= 11 is 0. The van der Waals surface area contributed by atoms with Gasteiger partial charge in [-0.15, -0.1) is 12.3 Å². The van der Waals surface area contributed by atoms with E-state index >= 15 is 0 Å². The normalized spacial score (nSPS) is 9.94. The van der Waals surface area contributed by atoms with Crippen LogP contribution >= 0.6 is 0 Å². The zero-order valence-corrected chi connectivity index (χ0v) is 9.72. The predicted octanol–water partition coefficient (Wildman–Crippen LogP) is 2.94. The molecule has 2 aromatic carbocycles. The lowest BCUT2D eigenvalue weighted by atomic mass is 10.1. The number of fused-ring (bicyclic) bond motifs is 1. The molecule has 18 heavy (non-hydrogen) atoms. The van der Waals surface area contributed by atoms with Crippen molar-refractivity contribution in [2.75, 3.05) is 6.61 Å². The summed E-state index contributed by atoms with van der Waals surface area (Å²) in [5.74, 6) is 1.84. The second-order valence-electron chi connectivity index (χ2n) is 3.77. The van der Waals surface area contributed by atoms with Crippen molar-refractivity contribution in [2.24, 2.45) is 0 Å². The van der Waals surface area contributed by atoms with Crippen molar-refractivity contribution in [1.82, 2.24) is 0 Å². The van der Waals surface area contributed by atoms with Crippen LogP contribution in [0, 0.1) is 12.3 Å². The Morgan fingerprint density at radius 1 is 1.28 bits per heavy atom. The van der Waals surface area contributed by atoms with Crippen molar-refractivity contribution in [3.63, 3.8) is 0 Å². The van der Waals surface area contributed by atoms with E-state index in [0.717, 1.165) is 10.8 Å². The highest BCUT2D eigenvalue weighted by Crippen LogP contribution is 2.30. The Morgan fingerprint density at radius 3 is 2.78 bits per heavy atom. The molecule has 0 heterocycles. The summed E-state index contributed by atoms with van der Waals surface area (Å²) < 4.78 is 5.53. The Morgan fingerprint density at radius 2 is 2.06 bits per heavy atom. The van der Waals surface area contributed by atoms with E-state index in [2.05, 4.69) is 5.92 Å². The fourth-order valence-corrected chi connectivity index (χ4v) is 1.78. The van der Waals surface area contributed by atoms with Gasteiger partial charge in [-0.05, 0) is 11.5 Å². The minimum Gasteiger partial charge on any atom is -0.491 e. The number of hydrogen-bond acceptors (Lipinski definition) is 2. The summed E-state index contributed by atoms with van der Waals surface area (Å²) in [5.41, 5.74) is 0.158. The quantitative estimate of drug-likeness (QED) is 0.660. The molecule has 0 aliphatic carbocycles. The molecule has 0 fully saturated rings. The van der Waals surface area contributed by atoms with E-state index in [1.165, 1.54) is 0 Å². The van der Waals surface area contributed by atoms with Gasteiger partial charge in [-0.1, -0.05) is 30.3 Å². The van der Waals surface area contributed by atoms with Crippen LogP contribution in [-0.2, 0) is 0 Å². The minimum absolute atomic E-state index is 0.158. The Kier molecular flexibility index (Phi) is 3.49. The smallest absolute Gasteiger partial charge is 0.339 e. The lowest BCUT2D eigenvalue weighted by Crippen LogP contribution is -2.04. The van der Waals surface area contributed by atoms with E-state index in [1.807, 2.05) is 24.3 Å². The molecule has 0 saturated heterocycles. The molecule has 0 radical (unpaired) electrons. The maximum atomic E-state index is 11.2. The van der Waals surface area contributed by atoms with Crippen molar-refractivity contribution in [3.8, 4) is 18.1 Å². The molecule has 0 unspecified atom stereocenters. The Labute approximate surface area is 105 Å². The summed E-state index contributed by atoms with van der Waals surface area (Å²) in [5, 5.41) is 10.9. The van der Waals surface area contributed by atoms with Gasteiger partial charge >= 0.3 is 5.97 Å². The van der Waals surface area contributed by atoms with Gasteiger partial charge in [-0.2, -0.15) is 0 Å². The molecule has 0 bridgehead atoms. The average Bonchev–Trinajstić information content (AvgIpc) is 2.38. The molecule has 2 rings (SSSR count). The summed E-state index contributed by atoms with van der Waals surface area (Å²) in [4.78, 5) is 11.2. The van der Waals surface area contributed by atoms with Gasteiger partial charge in [0.05, 0.1) is 6.61 Å². The van der Waals surface area contributed by atoms with Crippen molar-refractivity contribution >= 4 is 16.7 Å². The Bertz CT molecular complexity index is 623. The fraction of sp³-hybridized carbons (Fsp3) is 0.133. The van der Waals surface area contributed by atoms with Crippen molar-refractivity contribution < 1.29 is 14.6 Å². The number of ether oxygens (including phenoxy) is 1. The molecule has 2 aromatic rings. The first-order valence-electron chi connectivity index (χ1n) is 5.55. The number of carboxylic acids is 1. The van der Waals surface area contributed by atoms with Gasteiger partial charge in [0.15, 0.2) is 0 Å². The van der Waals surface area contributed by atoms with E-state index in [-0.39, 0.29) is 5.56 Å². The van der Waals surface area contributed by atoms with Gasteiger partial charge in [0, 0.05) is 11.8 Å². The van der Waals surface area contributed by atoms with Crippen molar-refractivity contribution in [1.29, 1.82) is 0 Å². The van der Waals surface area contributed by atoms with E-state index in [4.69, 9.17) is 16.3 Å². The number of hydrogen-bond donors (Lipinski definition) is 1. The second-order valence-corrected chi connectivity index (χ2v) is 3.77. The molecule has 90 valence electrons. The molecule has 0 aliphatic rings. The number of carboxylic acid groups (broad SMARTS) is 1. The molecule has 0 aromatic heterocycles. The van der Waals surface area contributed by atoms with E-state index in [1.54, 1.807) is 12.1 Å². The van der Waals surface area contributed by atoms with Crippen molar-refractivity contribution in [2.45, 2.75) is 6.42 Å². The zero-order valence-electron chi connectivity index (χ0n) is 9.72. The molecule has 0 amide bonds. The van der Waals surface area contributed by atoms with E-state index in [0.29, 0.717) is 18.8 Å². The third-order valence-corrected chi connectivity index (χ3v) is 2.60. The summed E-state index contributed by atoms with van der Waals surface area (Å²) in [6, 6.07) is 10.8. The summed E-state index contributed by atoms with van der Waals surface area (Å²) in [7, 11) is 0. The molecular formula is C15H12O3. The minimum atomic E-state index is -1.00. The van der Waals surface area contributed by atoms with Crippen LogP contribution in [0.4, 0.5) is 0 Å². The van der Waals surface area contributed by atoms with Gasteiger partial charge < -0.3 is 9.84 Å². The van der Waals surface area contributed by atoms with Gasteiger partial charge in [0.25, 0.3) is 0 Å². The third-order valence-electron chi connectivity index (χ3n) is 2.60. The SMILES string of the molecule is C#CCCOc1c(C(=O)O)ccc2ccccc12. The monoisotopic (exact) mass is 240 g/mol. The van der Waals surface area contributed by atoms with Crippen LogP contribution in [0.3, 0.4) is 0 Å². The highest BCUT2D eigenvalue weighted by molar-refractivity contribution is 6.00. The van der Waals surface area contributed by atoms with Crippen LogP contribution in [0.5, 0.6) is 5.75 Å². The first-order valence-corrected chi connectivity index (χ1v) is 5.55. The maximum absolute atomic E-state index is 11.2. The average molecular weight is 240 g/mol. The molecule has 0 atom stereocenters. The highest BCUT2D eigenvalue weighted by Gasteiger charge is 2.14. The van der Waals surface area contributed by atoms with Gasteiger partial charge in [-0.3, -0.25) is 0 Å². The third kappa shape index (κ3) is 2.28. The molecule has 0 spiro atoms. The maximum Gasteiger partial charge on any atom is 0.339 e. The zero-order chi connectivity index (χ0) is 13.0. The molecule has 3 heteroatoms. The number of rotatable bonds is 4. The standard InChI is InChI=1S/C15H12O3/c1-2-3-10-18-14-12-7-5-4-6-11(12)8-9-13(14)15(16)17/h1,4-9H,3,10H2,(H,16,17). The molecule has 0 aliphatic heterocycles. The van der Waals surface area contributed by atoms with Crippen LogP contribution in [0.15, 0.2) is 36.4 Å². The van der Waals surface area contributed by atoms with Crippen LogP contribution in [0.1, 0.15) is 16.8 Å². The number of aromatic carboxylic acids is 1. The topological polar surface area (TPSA) is 46.5 Å². The number of carbonyl (C=O) groups is 1. The van der Waals surface area contributed by atoms with Crippen molar-refractivity contribution in [3.05, 3.63) is 42.0 Å². The Balaban J connectivity index is 2.52. The fourth-order valence-electron chi connectivity index (χ4n) is 1.78. The lowest BCUT2D eigenvalue weighted by molar-refractivity contribution is 0.0692. The van der Waals surface area contributed by atoms with Gasteiger partial charge in [-0.25, -0.2) is 4.79 Å². The summed E-state index contributed by atoms with van der Waals surface area (Å²) in [6.07, 6.45) is 5.60. The van der Waals surface area contributed by atoms with Gasteiger partial charge in [0.2, 0.25) is 0 Å². The first-order chi connectivity index (χ1) is 8.74. The molecule has 0 saturated carbocycles. The lowest BCUT2D eigenvalue weighted by Gasteiger charge is -2.11. The van der Waals surface area contributed by atoms with E-state index in [9.17, 15) is 4.79 Å². The summed E-state index contributed by atoms with van der Waals surface area (Å²) in [6.45, 7) is 0.310. The molecule has 3 nitrogen and oxygen atoms in total.